The van der Waals surface area contributed by atoms with Gasteiger partial charge in [-0.25, -0.2) is 4.98 Å². The van der Waals surface area contributed by atoms with E-state index in [1.165, 1.54) is 17.3 Å². The number of aryl methyl sites for hydroxylation is 1. The SMILES string of the molecule is CCCOC(=O)CSc1nc(-c2ccc(C)cc2)ccc1C#N. The second-order valence-corrected chi connectivity index (χ2v) is 6.00. The molecule has 1 aromatic carbocycles. The van der Waals surface area contributed by atoms with Gasteiger partial charge in [0.25, 0.3) is 0 Å². The summed E-state index contributed by atoms with van der Waals surface area (Å²) in [5.41, 5.74) is 3.41. The lowest BCUT2D eigenvalue weighted by atomic mass is 10.1. The molecule has 0 spiro atoms. The largest absolute Gasteiger partial charge is 0.465 e. The summed E-state index contributed by atoms with van der Waals surface area (Å²) in [5, 5.41) is 9.76. The number of rotatable bonds is 6. The Labute approximate surface area is 140 Å². The number of benzene rings is 1. The Hall–Kier alpha value is -2.32. The second kappa shape index (κ2) is 8.35. The van der Waals surface area contributed by atoms with Crippen LogP contribution in [0.25, 0.3) is 11.3 Å². The third kappa shape index (κ3) is 4.83. The third-order valence-electron chi connectivity index (χ3n) is 3.12. The first kappa shape index (κ1) is 17.0. The van der Waals surface area contributed by atoms with Crippen LogP contribution in [0.1, 0.15) is 24.5 Å². The van der Waals surface area contributed by atoms with Gasteiger partial charge in [-0.3, -0.25) is 4.79 Å². The van der Waals surface area contributed by atoms with E-state index in [0.29, 0.717) is 17.2 Å². The number of pyridine rings is 1. The number of ether oxygens (including phenoxy) is 1. The number of carbonyl (C=O) groups is 1. The van der Waals surface area contributed by atoms with Gasteiger partial charge in [0.1, 0.15) is 11.1 Å². The molecule has 0 aliphatic rings. The Bertz CT molecular complexity index is 721. The van der Waals surface area contributed by atoms with Crippen LogP contribution in [0, 0.1) is 18.3 Å². The molecule has 0 aliphatic carbocycles. The minimum atomic E-state index is -0.289. The van der Waals surface area contributed by atoms with Gasteiger partial charge >= 0.3 is 5.97 Å². The molecule has 23 heavy (non-hydrogen) atoms. The van der Waals surface area contributed by atoms with Crippen molar-refractivity contribution in [1.82, 2.24) is 4.98 Å². The zero-order valence-corrected chi connectivity index (χ0v) is 14.0. The summed E-state index contributed by atoms with van der Waals surface area (Å²) < 4.78 is 5.04. The van der Waals surface area contributed by atoms with E-state index in [9.17, 15) is 10.1 Å². The molecule has 5 heteroatoms. The molecule has 0 fully saturated rings. The Morgan fingerprint density at radius 2 is 2.00 bits per heavy atom. The minimum absolute atomic E-state index is 0.152. The van der Waals surface area contributed by atoms with Gasteiger partial charge in [-0.05, 0) is 25.5 Å². The van der Waals surface area contributed by atoms with E-state index < -0.39 is 0 Å². The molecule has 118 valence electrons. The number of hydrogen-bond donors (Lipinski definition) is 0. The summed E-state index contributed by atoms with van der Waals surface area (Å²) in [7, 11) is 0. The van der Waals surface area contributed by atoms with Crippen LogP contribution in [-0.4, -0.2) is 23.3 Å². The highest BCUT2D eigenvalue weighted by Crippen LogP contribution is 2.25. The summed E-state index contributed by atoms with van der Waals surface area (Å²) in [6, 6.07) is 13.7. The first-order chi connectivity index (χ1) is 11.1. The Balaban J connectivity index is 2.17. The summed E-state index contributed by atoms with van der Waals surface area (Å²) >= 11 is 1.23. The van der Waals surface area contributed by atoms with Crippen molar-refractivity contribution in [2.24, 2.45) is 0 Å². The van der Waals surface area contributed by atoms with Crippen LogP contribution < -0.4 is 0 Å². The fourth-order valence-electron chi connectivity index (χ4n) is 1.91. The van der Waals surface area contributed by atoms with Gasteiger partial charge < -0.3 is 4.74 Å². The van der Waals surface area contributed by atoms with Crippen LogP contribution in [0.5, 0.6) is 0 Å². The van der Waals surface area contributed by atoms with E-state index >= 15 is 0 Å². The standard InChI is InChI=1S/C18H18N2O2S/c1-3-10-22-17(21)12-23-18-15(11-19)8-9-16(20-18)14-6-4-13(2)5-7-14/h4-9H,3,10,12H2,1-2H3. The zero-order chi connectivity index (χ0) is 16.7. The van der Waals surface area contributed by atoms with E-state index in [0.717, 1.165) is 17.7 Å². The van der Waals surface area contributed by atoms with E-state index in [4.69, 9.17) is 4.74 Å². The molecule has 0 saturated carbocycles. The fourth-order valence-corrected chi connectivity index (χ4v) is 2.68. The lowest BCUT2D eigenvalue weighted by Gasteiger charge is -2.07. The number of aromatic nitrogens is 1. The van der Waals surface area contributed by atoms with Crippen molar-refractivity contribution < 1.29 is 9.53 Å². The van der Waals surface area contributed by atoms with Gasteiger partial charge in [-0.15, -0.1) is 0 Å². The highest BCUT2D eigenvalue weighted by molar-refractivity contribution is 7.99. The normalized spacial score (nSPS) is 10.1. The third-order valence-corrected chi connectivity index (χ3v) is 4.09. The first-order valence-corrected chi connectivity index (χ1v) is 8.39. The van der Waals surface area contributed by atoms with Crippen molar-refractivity contribution in [3.8, 4) is 17.3 Å². The molecule has 0 aliphatic heterocycles. The number of hydrogen-bond acceptors (Lipinski definition) is 5. The quantitative estimate of drug-likeness (QED) is 0.593. The van der Waals surface area contributed by atoms with E-state index in [1.54, 1.807) is 6.07 Å². The van der Waals surface area contributed by atoms with E-state index in [1.807, 2.05) is 44.2 Å². The molecule has 0 atom stereocenters. The van der Waals surface area contributed by atoms with Gasteiger partial charge in [0.15, 0.2) is 0 Å². The maximum absolute atomic E-state index is 11.6. The summed E-state index contributed by atoms with van der Waals surface area (Å²) in [6.45, 7) is 4.39. The van der Waals surface area contributed by atoms with Crippen LogP contribution in [0.4, 0.5) is 0 Å². The van der Waals surface area contributed by atoms with Crippen molar-refractivity contribution in [2.45, 2.75) is 25.3 Å². The van der Waals surface area contributed by atoms with Crippen LogP contribution >= 0.6 is 11.8 Å². The van der Waals surface area contributed by atoms with Gasteiger partial charge in [0, 0.05) is 5.56 Å². The van der Waals surface area contributed by atoms with Crippen LogP contribution in [0.15, 0.2) is 41.4 Å². The predicted octanol–water partition coefficient (Wildman–Crippen LogP) is 3.97. The first-order valence-electron chi connectivity index (χ1n) is 7.40. The summed E-state index contributed by atoms with van der Waals surface area (Å²) in [4.78, 5) is 16.1. The van der Waals surface area contributed by atoms with Crippen molar-refractivity contribution >= 4 is 17.7 Å². The number of thioether (sulfide) groups is 1. The van der Waals surface area contributed by atoms with Crippen molar-refractivity contribution in [3.05, 3.63) is 47.5 Å². The Morgan fingerprint density at radius 3 is 2.65 bits per heavy atom. The highest BCUT2D eigenvalue weighted by Gasteiger charge is 2.11. The predicted molar refractivity (Wildman–Crippen MR) is 91.1 cm³/mol. The van der Waals surface area contributed by atoms with Gasteiger partial charge in [0.2, 0.25) is 0 Å². The smallest absolute Gasteiger partial charge is 0.316 e. The molecule has 4 nitrogen and oxygen atoms in total. The van der Waals surface area contributed by atoms with E-state index in [-0.39, 0.29) is 11.7 Å². The van der Waals surface area contributed by atoms with Gasteiger partial charge in [-0.2, -0.15) is 5.26 Å². The maximum Gasteiger partial charge on any atom is 0.316 e. The molecule has 0 unspecified atom stereocenters. The fraction of sp³-hybridized carbons (Fsp3) is 0.278. The van der Waals surface area contributed by atoms with E-state index in [2.05, 4.69) is 11.1 Å². The van der Waals surface area contributed by atoms with Crippen molar-refractivity contribution in [2.75, 3.05) is 12.4 Å². The number of nitrogens with zero attached hydrogens (tertiary/aromatic N) is 2. The molecule has 0 bridgehead atoms. The lowest BCUT2D eigenvalue weighted by Crippen LogP contribution is -2.08. The number of esters is 1. The molecular formula is C18H18N2O2S. The molecule has 1 aromatic heterocycles. The monoisotopic (exact) mass is 326 g/mol. The molecule has 1 heterocycles. The second-order valence-electron chi connectivity index (χ2n) is 5.04. The lowest BCUT2D eigenvalue weighted by molar-refractivity contribution is -0.140. The average Bonchev–Trinajstić information content (AvgIpc) is 2.58. The van der Waals surface area contributed by atoms with Gasteiger partial charge in [-0.1, -0.05) is 48.5 Å². The van der Waals surface area contributed by atoms with Gasteiger partial charge in [0.05, 0.1) is 23.6 Å². The Morgan fingerprint density at radius 1 is 1.26 bits per heavy atom. The molecule has 0 N–H and O–H groups in total. The van der Waals surface area contributed by atoms with Crippen LogP contribution in [-0.2, 0) is 9.53 Å². The number of carbonyl (C=O) groups excluding carboxylic acids is 1. The van der Waals surface area contributed by atoms with Crippen LogP contribution in [0.3, 0.4) is 0 Å². The molecule has 0 saturated heterocycles. The molecule has 0 radical (unpaired) electrons. The molecule has 2 aromatic rings. The highest BCUT2D eigenvalue weighted by atomic mass is 32.2. The summed E-state index contributed by atoms with van der Waals surface area (Å²) in [6.07, 6.45) is 0.793. The number of nitriles is 1. The topological polar surface area (TPSA) is 63.0 Å². The van der Waals surface area contributed by atoms with Crippen LogP contribution in [0.2, 0.25) is 0 Å². The summed E-state index contributed by atoms with van der Waals surface area (Å²) in [5.74, 6) is -0.137. The molecular weight excluding hydrogens is 308 g/mol. The van der Waals surface area contributed by atoms with Crippen molar-refractivity contribution in [3.63, 3.8) is 0 Å². The Kier molecular flexibility index (Phi) is 6.19. The maximum atomic E-state index is 11.6. The average molecular weight is 326 g/mol. The molecule has 2 rings (SSSR count). The van der Waals surface area contributed by atoms with Crippen molar-refractivity contribution in [1.29, 1.82) is 5.26 Å². The zero-order valence-electron chi connectivity index (χ0n) is 13.2. The minimum Gasteiger partial charge on any atom is -0.465 e. The molecule has 0 amide bonds.